The van der Waals surface area contributed by atoms with Crippen LogP contribution in [0.15, 0.2) is 0 Å². The first-order valence-electron chi connectivity index (χ1n) is 8.82. The van der Waals surface area contributed by atoms with Gasteiger partial charge in [0.05, 0.1) is 19.8 Å². The lowest BCUT2D eigenvalue weighted by Gasteiger charge is -2.26. The van der Waals surface area contributed by atoms with Crippen molar-refractivity contribution in [3.8, 4) is 0 Å². The van der Waals surface area contributed by atoms with E-state index in [4.69, 9.17) is 33.9 Å². The summed E-state index contributed by atoms with van der Waals surface area (Å²) in [6.07, 6.45) is -16.1. The SMILES string of the molecule is OC[C@@H]1O[C@@H](OC[C@@H]2OC(O)[C@H](O)[C@H]2O[C@@H]2O[C@@H](CO)[C@H](O)[C@H]2O)[C@H](O)[C@H]1O. The van der Waals surface area contributed by atoms with Crippen molar-refractivity contribution < 1.29 is 64.5 Å². The molecule has 3 aliphatic heterocycles. The number of rotatable bonds is 7. The van der Waals surface area contributed by atoms with E-state index in [1.807, 2.05) is 0 Å². The maximum Gasteiger partial charge on any atom is 0.187 e. The largest absolute Gasteiger partial charge is 0.394 e. The Morgan fingerprint density at radius 1 is 0.607 bits per heavy atom. The summed E-state index contributed by atoms with van der Waals surface area (Å²) >= 11 is 0. The average Bonchev–Trinajstić information content (AvgIpc) is 3.23. The summed E-state index contributed by atoms with van der Waals surface area (Å²) in [5, 5.41) is 77.3. The van der Waals surface area contributed by atoms with E-state index >= 15 is 0 Å². The molecule has 3 rings (SSSR count). The van der Waals surface area contributed by atoms with Crippen LogP contribution < -0.4 is 0 Å². The van der Waals surface area contributed by atoms with Crippen LogP contribution in [0.3, 0.4) is 0 Å². The van der Waals surface area contributed by atoms with E-state index in [0.717, 1.165) is 0 Å². The number of aliphatic hydroxyl groups is 8. The first-order valence-corrected chi connectivity index (χ1v) is 8.82. The Bertz CT molecular complexity index is 508. The summed E-state index contributed by atoms with van der Waals surface area (Å²) in [6, 6.07) is 0. The third kappa shape index (κ3) is 4.17. The number of hydrogen-bond donors (Lipinski definition) is 8. The van der Waals surface area contributed by atoms with Crippen LogP contribution in [0.2, 0.25) is 0 Å². The Morgan fingerprint density at radius 2 is 1.14 bits per heavy atom. The predicted octanol–water partition coefficient (Wildman–Crippen LogP) is -5.66. The third-order valence-electron chi connectivity index (χ3n) is 5.02. The van der Waals surface area contributed by atoms with Crippen molar-refractivity contribution in [1.29, 1.82) is 0 Å². The molecule has 0 spiro atoms. The molecule has 12 atom stereocenters. The molecule has 0 aliphatic carbocycles. The molecule has 0 bridgehead atoms. The van der Waals surface area contributed by atoms with Crippen molar-refractivity contribution in [3.05, 3.63) is 0 Å². The van der Waals surface area contributed by atoms with E-state index in [-0.39, 0.29) is 6.61 Å². The van der Waals surface area contributed by atoms with Gasteiger partial charge >= 0.3 is 0 Å². The van der Waals surface area contributed by atoms with Crippen LogP contribution >= 0.6 is 0 Å². The van der Waals surface area contributed by atoms with Crippen LogP contribution in [0, 0.1) is 0 Å². The molecule has 1 unspecified atom stereocenters. The van der Waals surface area contributed by atoms with Crippen LogP contribution in [0.5, 0.6) is 0 Å². The van der Waals surface area contributed by atoms with Crippen LogP contribution in [0.25, 0.3) is 0 Å². The summed E-state index contributed by atoms with van der Waals surface area (Å²) < 4.78 is 26.2. The first kappa shape index (κ1) is 22.2. The van der Waals surface area contributed by atoms with Crippen LogP contribution in [0.4, 0.5) is 0 Å². The zero-order valence-electron chi connectivity index (χ0n) is 14.7. The minimum absolute atomic E-state index is 0.361. The molecule has 13 nitrogen and oxygen atoms in total. The molecule has 13 heteroatoms. The Kier molecular flexibility index (Phi) is 7.20. The van der Waals surface area contributed by atoms with E-state index in [1.165, 1.54) is 0 Å². The smallest absolute Gasteiger partial charge is 0.187 e. The fourth-order valence-electron chi connectivity index (χ4n) is 3.35. The molecule has 3 saturated heterocycles. The quantitative estimate of drug-likeness (QED) is 0.196. The molecule has 0 aromatic carbocycles. The summed E-state index contributed by atoms with van der Waals surface area (Å²) in [5.74, 6) is 0. The van der Waals surface area contributed by atoms with E-state index in [9.17, 15) is 30.6 Å². The molecule has 0 aromatic rings. The Labute approximate surface area is 159 Å². The van der Waals surface area contributed by atoms with Crippen molar-refractivity contribution >= 4 is 0 Å². The molecular formula is C15H26O13. The Hall–Kier alpha value is -0.520. The summed E-state index contributed by atoms with van der Waals surface area (Å²) in [6.45, 7) is -1.46. The van der Waals surface area contributed by atoms with E-state index in [2.05, 4.69) is 0 Å². The molecule has 8 N–H and O–H groups in total. The number of aliphatic hydroxyl groups excluding tert-OH is 8. The number of hydrogen-bond acceptors (Lipinski definition) is 13. The van der Waals surface area contributed by atoms with Gasteiger partial charge in [-0.25, -0.2) is 0 Å². The monoisotopic (exact) mass is 414 g/mol. The highest BCUT2D eigenvalue weighted by atomic mass is 16.7. The van der Waals surface area contributed by atoms with Crippen LogP contribution in [0.1, 0.15) is 0 Å². The second kappa shape index (κ2) is 9.09. The molecular weight excluding hydrogens is 388 g/mol. The van der Waals surface area contributed by atoms with Crippen molar-refractivity contribution in [3.63, 3.8) is 0 Å². The minimum atomic E-state index is -1.64. The predicted molar refractivity (Wildman–Crippen MR) is 83.2 cm³/mol. The van der Waals surface area contributed by atoms with E-state index in [1.54, 1.807) is 0 Å². The Balaban J connectivity index is 1.59. The van der Waals surface area contributed by atoms with Gasteiger partial charge in [-0.3, -0.25) is 0 Å². The van der Waals surface area contributed by atoms with Gasteiger partial charge in [-0.05, 0) is 0 Å². The highest BCUT2D eigenvalue weighted by Crippen LogP contribution is 2.30. The molecule has 3 heterocycles. The van der Waals surface area contributed by atoms with E-state index < -0.39 is 87.0 Å². The third-order valence-corrected chi connectivity index (χ3v) is 5.02. The average molecular weight is 414 g/mol. The molecule has 0 radical (unpaired) electrons. The molecule has 0 amide bonds. The van der Waals surface area contributed by atoms with Crippen molar-refractivity contribution in [2.45, 2.75) is 73.8 Å². The summed E-state index contributed by atoms with van der Waals surface area (Å²) in [7, 11) is 0. The van der Waals surface area contributed by atoms with Crippen molar-refractivity contribution in [2.24, 2.45) is 0 Å². The van der Waals surface area contributed by atoms with Gasteiger partial charge in [0.1, 0.15) is 54.9 Å². The lowest BCUT2D eigenvalue weighted by molar-refractivity contribution is -0.227. The zero-order chi connectivity index (χ0) is 20.6. The van der Waals surface area contributed by atoms with Crippen LogP contribution in [-0.2, 0) is 23.7 Å². The molecule has 28 heavy (non-hydrogen) atoms. The normalized spacial score (nSPS) is 51.9. The lowest BCUT2D eigenvalue weighted by atomic mass is 10.1. The van der Waals surface area contributed by atoms with Gasteiger partial charge in [0, 0.05) is 0 Å². The van der Waals surface area contributed by atoms with Gasteiger partial charge in [-0.1, -0.05) is 0 Å². The minimum Gasteiger partial charge on any atom is -0.394 e. The molecule has 3 aliphatic rings. The van der Waals surface area contributed by atoms with Crippen LogP contribution in [-0.4, -0.2) is 134 Å². The second-order valence-electron chi connectivity index (χ2n) is 6.90. The number of ether oxygens (including phenoxy) is 5. The first-order chi connectivity index (χ1) is 13.3. The Morgan fingerprint density at radius 3 is 1.68 bits per heavy atom. The second-order valence-corrected chi connectivity index (χ2v) is 6.90. The molecule has 164 valence electrons. The maximum absolute atomic E-state index is 10.1. The maximum atomic E-state index is 10.1. The fourth-order valence-corrected chi connectivity index (χ4v) is 3.35. The highest BCUT2D eigenvalue weighted by Gasteiger charge is 2.51. The molecule has 0 saturated carbocycles. The van der Waals surface area contributed by atoms with Gasteiger partial charge in [0.15, 0.2) is 18.9 Å². The zero-order valence-corrected chi connectivity index (χ0v) is 14.7. The van der Waals surface area contributed by atoms with Gasteiger partial charge in [-0.2, -0.15) is 0 Å². The molecule has 3 fully saturated rings. The van der Waals surface area contributed by atoms with Gasteiger partial charge in [-0.15, -0.1) is 0 Å². The standard InChI is InChI=1S/C15H26O13/c16-1-4-7(18)9(20)14(26-4)24-3-6-12(11(22)13(23)25-6)28-15-10(21)8(19)5(2-17)27-15/h4-23H,1-3H2/t4-,5-,6-,7-,8-,9+,10+,11+,12-,13?,14+,15-/m0/s1. The topological polar surface area (TPSA) is 208 Å². The fraction of sp³-hybridized carbons (Fsp3) is 1.00. The summed E-state index contributed by atoms with van der Waals surface area (Å²) in [4.78, 5) is 0. The molecule has 0 aromatic heterocycles. The summed E-state index contributed by atoms with van der Waals surface area (Å²) in [5.41, 5.74) is 0. The van der Waals surface area contributed by atoms with Gasteiger partial charge in [0.25, 0.3) is 0 Å². The van der Waals surface area contributed by atoms with Gasteiger partial charge < -0.3 is 64.5 Å². The van der Waals surface area contributed by atoms with E-state index in [0.29, 0.717) is 0 Å². The van der Waals surface area contributed by atoms with Crippen molar-refractivity contribution in [1.82, 2.24) is 0 Å². The van der Waals surface area contributed by atoms with Gasteiger partial charge in [0.2, 0.25) is 0 Å². The van der Waals surface area contributed by atoms with Crippen molar-refractivity contribution in [2.75, 3.05) is 19.8 Å². The highest BCUT2D eigenvalue weighted by molar-refractivity contribution is 4.92. The lowest BCUT2D eigenvalue weighted by Crippen LogP contribution is -2.44.